The van der Waals surface area contributed by atoms with Crippen molar-refractivity contribution in [2.45, 2.75) is 26.8 Å². The van der Waals surface area contributed by atoms with Crippen LogP contribution in [0.25, 0.3) is 0 Å². The Morgan fingerprint density at radius 2 is 1.88 bits per heavy atom. The predicted octanol–water partition coefficient (Wildman–Crippen LogP) is 1.47. The first-order valence-corrected chi connectivity index (χ1v) is 5.35. The highest BCUT2D eigenvalue weighted by atomic mass is 15.2. The van der Waals surface area contributed by atoms with Crippen LogP contribution in [-0.2, 0) is 13.0 Å². The molecule has 2 aromatic rings. The van der Waals surface area contributed by atoms with Crippen molar-refractivity contribution >= 4 is 0 Å². The molecule has 4 heteroatoms. The topological polar surface area (TPSA) is 67.6 Å². The molecular formula is C12H16N4. The summed E-state index contributed by atoms with van der Waals surface area (Å²) in [6.45, 7) is 4.58. The van der Waals surface area contributed by atoms with Crippen LogP contribution in [0.15, 0.2) is 18.2 Å². The van der Waals surface area contributed by atoms with Crippen molar-refractivity contribution in [3.05, 3.63) is 46.5 Å². The van der Waals surface area contributed by atoms with Crippen LogP contribution in [-0.4, -0.2) is 15.2 Å². The molecule has 1 aromatic heterocycles. The predicted molar refractivity (Wildman–Crippen MR) is 63.0 cm³/mol. The fourth-order valence-electron chi connectivity index (χ4n) is 1.87. The van der Waals surface area contributed by atoms with E-state index in [-0.39, 0.29) is 0 Å². The van der Waals surface area contributed by atoms with Gasteiger partial charge in [0.1, 0.15) is 5.82 Å². The summed E-state index contributed by atoms with van der Waals surface area (Å²) in [6, 6.07) is 6.49. The minimum atomic E-state index is 0.378. The van der Waals surface area contributed by atoms with Gasteiger partial charge < -0.3 is 5.73 Å². The summed E-state index contributed by atoms with van der Waals surface area (Å²) < 4.78 is 0. The molecule has 0 bridgehead atoms. The number of rotatable bonds is 3. The number of hydrogen-bond acceptors (Lipinski definition) is 3. The fourth-order valence-corrected chi connectivity index (χ4v) is 1.87. The first-order valence-electron chi connectivity index (χ1n) is 5.35. The molecular weight excluding hydrogens is 200 g/mol. The van der Waals surface area contributed by atoms with E-state index in [2.05, 4.69) is 47.2 Å². The standard InChI is InChI=1S/C12H16N4/c1-8-3-9(2)5-10(4-8)6-11-14-12(7-13)16-15-11/h3-5H,6-7,13H2,1-2H3,(H,14,15,16). The molecule has 0 radical (unpaired) electrons. The van der Waals surface area contributed by atoms with Crippen LogP contribution in [0.1, 0.15) is 28.3 Å². The summed E-state index contributed by atoms with van der Waals surface area (Å²) in [5.74, 6) is 1.53. The van der Waals surface area contributed by atoms with Gasteiger partial charge in [-0.05, 0) is 19.4 Å². The van der Waals surface area contributed by atoms with E-state index in [1.165, 1.54) is 16.7 Å². The average molecular weight is 216 g/mol. The number of hydrogen-bond donors (Lipinski definition) is 2. The normalized spacial score (nSPS) is 10.7. The van der Waals surface area contributed by atoms with Crippen LogP contribution in [0.2, 0.25) is 0 Å². The number of nitrogens with zero attached hydrogens (tertiary/aromatic N) is 2. The number of aromatic amines is 1. The molecule has 0 unspecified atom stereocenters. The molecule has 0 spiro atoms. The molecule has 1 aromatic carbocycles. The molecule has 0 aliphatic carbocycles. The van der Waals surface area contributed by atoms with E-state index in [9.17, 15) is 0 Å². The van der Waals surface area contributed by atoms with E-state index >= 15 is 0 Å². The molecule has 0 aliphatic rings. The van der Waals surface area contributed by atoms with Gasteiger partial charge in [0.2, 0.25) is 0 Å². The van der Waals surface area contributed by atoms with Gasteiger partial charge in [-0.2, -0.15) is 5.10 Å². The second-order valence-electron chi connectivity index (χ2n) is 4.08. The highest BCUT2D eigenvalue weighted by Crippen LogP contribution is 2.11. The first-order chi connectivity index (χ1) is 7.67. The van der Waals surface area contributed by atoms with E-state index < -0.39 is 0 Å². The zero-order valence-corrected chi connectivity index (χ0v) is 9.62. The molecule has 0 fully saturated rings. The monoisotopic (exact) mass is 216 g/mol. The van der Waals surface area contributed by atoms with E-state index in [0.29, 0.717) is 12.4 Å². The molecule has 0 aliphatic heterocycles. The first kappa shape index (κ1) is 10.8. The lowest BCUT2D eigenvalue weighted by Crippen LogP contribution is -1.98. The number of H-pyrrole nitrogens is 1. The van der Waals surface area contributed by atoms with Crippen LogP contribution in [0, 0.1) is 13.8 Å². The molecule has 2 rings (SSSR count). The van der Waals surface area contributed by atoms with Crippen molar-refractivity contribution < 1.29 is 0 Å². The minimum absolute atomic E-state index is 0.378. The van der Waals surface area contributed by atoms with Gasteiger partial charge in [0, 0.05) is 6.42 Å². The van der Waals surface area contributed by atoms with Crippen molar-refractivity contribution in [3.8, 4) is 0 Å². The summed E-state index contributed by atoms with van der Waals surface area (Å²) in [5, 5.41) is 6.92. The molecule has 84 valence electrons. The summed E-state index contributed by atoms with van der Waals surface area (Å²) in [6.07, 6.45) is 0.773. The Labute approximate surface area is 94.9 Å². The summed E-state index contributed by atoms with van der Waals surface area (Å²) >= 11 is 0. The molecule has 0 atom stereocenters. The number of aromatic nitrogens is 3. The van der Waals surface area contributed by atoms with Gasteiger partial charge in [-0.3, -0.25) is 5.10 Å². The smallest absolute Gasteiger partial charge is 0.164 e. The van der Waals surface area contributed by atoms with Gasteiger partial charge in [-0.1, -0.05) is 29.3 Å². The zero-order valence-electron chi connectivity index (χ0n) is 9.62. The molecule has 1 heterocycles. The van der Waals surface area contributed by atoms with Crippen LogP contribution in [0.4, 0.5) is 0 Å². The quantitative estimate of drug-likeness (QED) is 0.816. The maximum atomic E-state index is 5.46. The van der Waals surface area contributed by atoms with Gasteiger partial charge in [-0.15, -0.1) is 0 Å². The van der Waals surface area contributed by atoms with Gasteiger partial charge in [0.15, 0.2) is 5.82 Å². The highest BCUT2D eigenvalue weighted by Gasteiger charge is 2.03. The van der Waals surface area contributed by atoms with E-state index in [4.69, 9.17) is 5.73 Å². The van der Waals surface area contributed by atoms with Gasteiger partial charge >= 0.3 is 0 Å². The lowest BCUT2D eigenvalue weighted by Gasteiger charge is -2.02. The van der Waals surface area contributed by atoms with E-state index in [1.54, 1.807) is 0 Å². The van der Waals surface area contributed by atoms with Crippen LogP contribution >= 0.6 is 0 Å². The number of benzene rings is 1. The summed E-state index contributed by atoms with van der Waals surface area (Å²) in [5.41, 5.74) is 9.25. The van der Waals surface area contributed by atoms with E-state index in [0.717, 1.165) is 12.2 Å². The molecule has 0 saturated carbocycles. The number of nitrogens with one attached hydrogen (secondary N) is 1. The maximum absolute atomic E-state index is 5.46. The van der Waals surface area contributed by atoms with Crippen LogP contribution < -0.4 is 5.73 Å². The third-order valence-corrected chi connectivity index (χ3v) is 2.41. The van der Waals surface area contributed by atoms with Crippen molar-refractivity contribution in [2.75, 3.05) is 0 Å². The zero-order chi connectivity index (χ0) is 11.5. The largest absolute Gasteiger partial charge is 0.324 e. The van der Waals surface area contributed by atoms with Crippen LogP contribution in [0.3, 0.4) is 0 Å². The van der Waals surface area contributed by atoms with Crippen molar-refractivity contribution in [3.63, 3.8) is 0 Å². The molecule has 0 amide bonds. The highest BCUT2D eigenvalue weighted by molar-refractivity contribution is 5.30. The fraction of sp³-hybridized carbons (Fsp3) is 0.333. The molecule has 0 saturated heterocycles. The third-order valence-electron chi connectivity index (χ3n) is 2.41. The van der Waals surface area contributed by atoms with Crippen molar-refractivity contribution in [1.29, 1.82) is 0 Å². The lowest BCUT2D eigenvalue weighted by atomic mass is 10.1. The Morgan fingerprint density at radius 3 is 2.44 bits per heavy atom. The second-order valence-corrected chi connectivity index (χ2v) is 4.08. The lowest BCUT2D eigenvalue weighted by molar-refractivity contribution is 0.916. The average Bonchev–Trinajstić information content (AvgIpc) is 2.64. The van der Waals surface area contributed by atoms with Crippen molar-refractivity contribution in [2.24, 2.45) is 5.73 Å². The van der Waals surface area contributed by atoms with E-state index in [1.807, 2.05) is 0 Å². The van der Waals surface area contributed by atoms with Crippen LogP contribution in [0.5, 0.6) is 0 Å². The van der Waals surface area contributed by atoms with Gasteiger partial charge in [-0.25, -0.2) is 4.98 Å². The Balaban J connectivity index is 2.19. The number of aryl methyl sites for hydroxylation is 2. The summed E-state index contributed by atoms with van der Waals surface area (Å²) in [4.78, 5) is 4.29. The second kappa shape index (κ2) is 4.45. The van der Waals surface area contributed by atoms with Gasteiger partial charge in [0.25, 0.3) is 0 Å². The van der Waals surface area contributed by atoms with Crippen molar-refractivity contribution in [1.82, 2.24) is 15.2 Å². The Morgan fingerprint density at radius 1 is 1.19 bits per heavy atom. The third kappa shape index (κ3) is 2.46. The molecule has 3 N–H and O–H groups in total. The maximum Gasteiger partial charge on any atom is 0.164 e. The Kier molecular flexibility index (Phi) is 3.01. The Bertz CT molecular complexity index is 467. The Hall–Kier alpha value is -1.68. The molecule has 4 nitrogen and oxygen atoms in total. The summed E-state index contributed by atoms with van der Waals surface area (Å²) in [7, 11) is 0. The number of nitrogens with two attached hydrogens (primary N) is 1. The minimum Gasteiger partial charge on any atom is -0.324 e. The van der Waals surface area contributed by atoms with Gasteiger partial charge in [0.05, 0.1) is 6.54 Å². The molecule has 16 heavy (non-hydrogen) atoms. The SMILES string of the molecule is Cc1cc(C)cc(Cc2nc(CN)n[nH]2)c1.